The molecule has 1 saturated carbocycles. The lowest BCUT2D eigenvalue weighted by Gasteiger charge is -2.31. The number of ether oxygens (including phenoxy) is 4. The molecule has 0 radical (unpaired) electrons. The van der Waals surface area contributed by atoms with E-state index in [0.717, 1.165) is 90.8 Å². The van der Waals surface area contributed by atoms with Crippen LogP contribution in [0.2, 0.25) is 0 Å². The Hall–Kier alpha value is -4.83. The molecule has 262 valence electrons. The molecule has 0 bridgehead atoms. The van der Waals surface area contributed by atoms with Gasteiger partial charge in [0.25, 0.3) is 0 Å². The number of aromatic nitrogens is 1. The summed E-state index contributed by atoms with van der Waals surface area (Å²) in [5.41, 5.74) is 7.39. The Morgan fingerprint density at radius 3 is 2.34 bits per heavy atom. The van der Waals surface area contributed by atoms with Crippen LogP contribution < -0.4 is 14.5 Å². The Balaban J connectivity index is 1.23. The second-order valence-electron chi connectivity index (χ2n) is 13.4. The quantitative estimate of drug-likeness (QED) is 0.168. The first-order valence-corrected chi connectivity index (χ1v) is 17.8. The number of anilines is 2. The predicted octanol–water partition coefficient (Wildman–Crippen LogP) is 6.86. The van der Waals surface area contributed by atoms with E-state index in [9.17, 15) is 14.4 Å². The molecule has 0 atom stereocenters. The van der Waals surface area contributed by atoms with Crippen LogP contribution in [0.3, 0.4) is 0 Å². The van der Waals surface area contributed by atoms with Crippen LogP contribution in [-0.4, -0.2) is 69.5 Å². The fourth-order valence-electron chi connectivity index (χ4n) is 7.85. The van der Waals surface area contributed by atoms with Crippen molar-refractivity contribution in [3.63, 3.8) is 0 Å². The molecule has 3 fully saturated rings. The summed E-state index contributed by atoms with van der Waals surface area (Å²) in [6.07, 6.45) is 7.11. The Kier molecular flexibility index (Phi) is 10.1. The van der Waals surface area contributed by atoms with E-state index >= 15 is 0 Å². The van der Waals surface area contributed by atoms with Gasteiger partial charge in [-0.15, -0.1) is 0 Å². The molecule has 1 amide bonds. The zero-order valence-corrected chi connectivity index (χ0v) is 28.9. The number of fused-ring (bicyclic) bond motifs is 1. The number of morpholine rings is 1. The maximum Gasteiger partial charge on any atom is 0.337 e. The van der Waals surface area contributed by atoms with Gasteiger partial charge in [0.05, 0.1) is 44.2 Å². The molecule has 1 aromatic heterocycles. The molecule has 7 rings (SSSR count). The van der Waals surface area contributed by atoms with E-state index in [1.54, 1.807) is 0 Å². The lowest BCUT2D eigenvalue weighted by atomic mass is 9.82. The van der Waals surface area contributed by atoms with Crippen LogP contribution >= 0.6 is 0 Å². The van der Waals surface area contributed by atoms with Gasteiger partial charge in [-0.05, 0) is 90.9 Å². The summed E-state index contributed by atoms with van der Waals surface area (Å²) in [6.45, 7) is 4.03. The average Bonchev–Trinajstić information content (AvgIpc) is 3.74. The zero-order chi connectivity index (χ0) is 34.6. The first-order chi connectivity index (χ1) is 24.4. The van der Waals surface area contributed by atoms with Gasteiger partial charge in [-0.3, -0.25) is 9.59 Å². The molecule has 1 aliphatic carbocycles. The number of methoxy groups -OCH3 is 2. The number of hydrogen-bond donors (Lipinski definition) is 0. The monoisotopic (exact) mass is 679 g/mol. The van der Waals surface area contributed by atoms with Gasteiger partial charge < -0.3 is 33.3 Å². The van der Waals surface area contributed by atoms with E-state index in [2.05, 4.69) is 17.0 Å². The SMILES string of the molecule is COC(=O)Cn1c(-c2ccc(OCc3cc(N4CCCC4=O)ccc3N3CCOCC3)cc2)c(C2CCCCC2)c2ccc(C(=O)OC)cc21. The fourth-order valence-corrected chi connectivity index (χ4v) is 7.85. The molecule has 0 N–H and O–H groups in total. The van der Waals surface area contributed by atoms with Crippen LogP contribution in [0.25, 0.3) is 22.2 Å². The highest BCUT2D eigenvalue weighted by atomic mass is 16.5. The molecule has 2 saturated heterocycles. The third-order valence-electron chi connectivity index (χ3n) is 10.4. The van der Waals surface area contributed by atoms with Crippen molar-refractivity contribution in [1.82, 2.24) is 4.57 Å². The van der Waals surface area contributed by atoms with E-state index in [-0.39, 0.29) is 18.4 Å². The van der Waals surface area contributed by atoms with Crippen molar-refractivity contribution in [2.45, 2.75) is 64.0 Å². The van der Waals surface area contributed by atoms with Gasteiger partial charge in [0.2, 0.25) is 5.91 Å². The van der Waals surface area contributed by atoms with Gasteiger partial charge in [0, 0.05) is 48.4 Å². The number of nitrogens with zero attached hydrogens (tertiary/aromatic N) is 3. The average molecular weight is 680 g/mol. The largest absolute Gasteiger partial charge is 0.489 e. The van der Waals surface area contributed by atoms with Gasteiger partial charge in [-0.1, -0.05) is 25.3 Å². The van der Waals surface area contributed by atoms with E-state index in [4.69, 9.17) is 18.9 Å². The highest BCUT2D eigenvalue weighted by molar-refractivity contribution is 5.99. The third-order valence-corrected chi connectivity index (χ3v) is 10.4. The summed E-state index contributed by atoms with van der Waals surface area (Å²) < 4.78 is 24.2. The second-order valence-corrected chi connectivity index (χ2v) is 13.4. The maximum absolute atomic E-state index is 12.8. The molecular formula is C40H45N3O7. The maximum atomic E-state index is 12.8. The van der Waals surface area contributed by atoms with Gasteiger partial charge in [-0.25, -0.2) is 4.79 Å². The van der Waals surface area contributed by atoms with Crippen LogP contribution in [0.4, 0.5) is 11.4 Å². The second kappa shape index (κ2) is 15.0. The molecule has 3 heterocycles. The number of esters is 2. The molecule has 10 nitrogen and oxygen atoms in total. The summed E-state index contributed by atoms with van der Waals surface area (Å²) in [5.74, 6) is 0.413. The van der Waals surface area contributed by atoms with Gasteiger partial charge in [0.1, 0.15) is 18.9 Å². The molecule has 0 spiro atoms. The predicted molar refractivity (Wildman–Crippen MR) is 192 cm³/mol. The van der Waals surface area contributed by atoms with Crippen molar-refractivity contribution >= 4 is 40.1 Å². The summed E-state index contributed by atoms with van der Waals surface area (Å²) in [6, 6.07) is 19.9. The van der Waals surface area contributed by atoms with E-state index in [1.807, 2.05) is 58.0 Å². The minimum Gasteiger partial charge on any atom is -0.489 e. The highest BCUT2D eigenvalue weighted by Crippen LogP contribution is 2.45. The number of carbonyl (C=O) groups excluding carboxylic acids is 3. The van der Waals surface area contributed by atoms with Gasteiger partial charge in [-0.2, -0.15) is 0 Å². The van der Waals surface area contributed by atoms with Crippen LogP contribution in [0.15, 0.2) is 60.7 Å². The summed E-state index contributed by atoms with van der Waals surface area (Å²) in [5, 5.41) is 1.04. The standard InChI is InChI=1S/C40H45N3O7/c1-47-37(45)25-43-35-24-29(40(46)48-2)12-16-33(35)38(27-7-4-3-5-8-27)39(43)28-10-14-32(15-11-28)50-26-30-23-31(42-18-6-9-36(42)44)13-17-34(30)41-19-21-49-22-20-41/h10-17,23-24,27H,3-9,18-22,25-26H2,1-2H3. The molecule has 10 heteroatoms. The van der Waals surface area contributed by atoms with E-state index in [0.29, 0.717) is 43.5 Å². The molecule has 50 heavy (non-hydrogen) atoms. The topological polar surface area (TPSA) is 99.5 Å². The highest BCUT2D eigenvalue weighted by Gasteiger charge is 2.29. The first kappa shape index (κ1) is 33.7. The summed E-state index contributed by atoms with van der Waals surface area (Å²) >= 11 is 0. The Labute approximate surface area is 292 Å². The Bertz CT molecular complexity index is 1870. The normalized spacial score (nSPS) is 17.0. The van der Waals surface area contributed by atoms with Crippen LogP contribution in [0.1, 0.15) is 72.3 Å². The van der Waals surface area contributed by atoms with Crippen LogP contribution in [-0.2, 0) is 37.0 Å². The third kappa shape index (κ3) is 6.81. The zero-order valence-electron chi connectivity index (χ0n) is 28.9. The Morgan fingerprint density at radius 1 is 0.860 bits per heavy atom. The summed E-state index contributed by atoms with van der Waals surface area (Å²) in [7, 11) is 2.77. The van der Waals surface area contributed by atoms with Gasteiger partial charge >= 0.3 is 11.9 Å². The van der Waals surface area contributed by atoms with Crippen molar-refractivity contribution in [3.05, 3.63) is 77.4 Å². The number of rotatable bonds is 10. The van der Waals surface area contributed by atoms with Crippen molar-refractivity contribution in [1.29, 1.82) is 0 Å². The van der Waals surface area contributed by atoms with Gasteiger partial charge in [0.15, 0.2) is 0 Å². The minimum atomic E-state index is -0.422. The molecule has 3 aromatic carbocycles. The van der Waals surface area contributed by atoms with Crippen molar-refractivity contribution in [3.8, 4) is 17.0 Å². The van der Waals surface area contributed by atoms with Crippen LogP contribution in [0, 0.1) is 0 Å². The fraction of sp³-hybridized carbons (Fsp3) is 0.425. The minimum absolute atomic E-state index is 0.0120. The van der Waals surface area contributed by atoms with Crippen molar-refractivity contribution < 1.29 is 33.3 Å². The first-order valence-electron chi connectivity index (χ1n) is 17.8. The lowest BCUT2D eigenvalue weighted by molar-refractivity contribution is -0.141. The molecular weight excluding hydrogens is 634 g/mol. The Morgan fingerprint density at radius 2 is 1.64 bits per heavy atom. The molecule has 0 unspecified atom stereocenters. The lowest BCUT2D eigenvalue weighted by Crippen LogP contribution is -2.37. The van der Waals surface area contributed by atoms with E-state index in [1.165, 1.54) is 26.2 Å². The number of carbonyl (C=O) groups is 3. The molecule has 2 aliphatic heterocycles. The van der Waals surface area contributed by atoms with Crippen molar-refractivity contribution in [2.24, 2.45) is 0 Å². The number of amides is 1. The number of benzene rings is 3. The van der Waals surface area contributed by atoms with Crippen LogP contribution in [0.5, 0.6) is 5.75 Å². The summed E-state index contributed by atoms with van der Waals surface area (Å²) in [4.78, 5) is 42.1. The molecule has 4 aromatic rings. The van der Waals surface area contributed by atoms with E-state index < -0.39 is 5.97 Å². The number of hydrogen-bond acceptors (Lipinski definition) is 8. The smallest absolute Gasteiger partial charge is 0.337 e. The van der Waals surface area contributed by atoms with Crippen molar-refractivity contribution in [2.75, 3.05) is 56.9 Å². The molecule has 3 aliphatic rings.